The molecule has 0 bridgehead atoms. The van der Waals surface area contributed by atoms with E-state index in [4.69, 9.17) is 19.2 Å². The Hall–Kier alpha value is -4.70. The van der Waals surface area contributed by atoms with Gasteiger partial charge in [0.25, 0.3) is 0 Å². The molecule has 0 aliphatic carbocycles. The lowest BCUT2D eigenvalue weighted by atomic mass is 10.1. The van der Waals surface area contributed by atoms with Crippen LogP contribution >= 0.6 is 0 Å². The Kier molecular flexibility index (Phi) is 8.90. The van der Waals surface area contributed by atoms with Crippen LogP contribution in [0, 0.1) is 0 Å². The number of aromatic nitrogens is 5. The standard InChI is InChI=1S/C31H34N6O4/c1-4-5-18-41-31-34-30(29-33-19-27(37(29)35-31)28(38)26-8-6-7-17-32-26)36(20-22-9-13-24(39-2)14-10-22)21-23-11-15-25(40-3)16-12-23/h6-17,19,28,38H,4-5,18,20-21H2,1-3H3. The molecule has 0 amide bonds. The zero-order valence-corrected chi connectivity index (χ0v) is 23.5. The van der Waals surface area contributed by atoms with Gasteiger partial charge in [-0.2, -0.15) is 4.98 Å². The molecule has 1 N–H and O–H groups in total. The number of fused-ring (bicyclic) bond motifs is 1. The van der Waals surface area contributed by atoms with Crippen molar-refractivity contribution in [2.75, 3.05) is 25.7 Å². The molecule has 1 unspecified atom stereocenters. The summed E-state index contributed by atoms with van der Waals surface area (Å²) in [6.07, 6.45) is 4.07. The molecule has 10 heteroatoms. The van der Waals surface area contributed by atoms with Crippen molar-refractivity contribution in [2.45, 2.75) is 39.0 Å². The zero-order chi connectivity index (χ0) is 28.6. The Bertz CT molecular complexity index is 1490. The maximum absolute atomic E-state index is 11.2. The predicted octanol–water partition coefficient (Wildman–Crippen LogP) is 5.00. The van der Waals surface area contributed by atoms with Crippen LogP contribution in [0.1, 0.15) is 48.4 Å². The molecule has 10 nitrogen and oxygen atoms in total. The Labute approximate surface area is 239 Å². The van der Waals surface area contributed by atoms with Gasteiger partial charge in [-0.05, 0) is 53.9 Å². The van der Waals surface area contributed by atoms with E-state index < -0.39 is 6.10 Å². The van der Waals surface area contributed by atoms with E-state index >= 15 is 0 Å². The molecule has 2 aromatic carbocycles. The Morgan fingerprint density at radius 2 is 1.54 bits per heavy atom. The largest absolute Gasteiger partial charge is 0.497 e. The summed E-state index contributed by atoms with van der Waals surface area (Å²) >= 11 is 0. The minimum Gasteiger partial charge on any atom is -0.497 e. The lowest BCUT2D eigenvalue weighted by molar-refractivity contribution is 0.206. The van der Waals surface area contributed by atoms with E-state index in [2.05, 4.69) is 26.9 Å². The SMILES string of the molecule is CCCCOc1nc(N(Cc2ccc(OC)cc2)Cc2ccc(OC)cc2)c2ncc(C(O)c3ccccn3)n2n1. The van der Waals surface area contributed by atoms with E-state index in [1.165, 1.54) is 0 Å². The summed E-state index contributed by atoms with van der Waals surface area (Å²) in [5.41, 5.74) is 3.59. The molecule has 5 rings (SSSR count). The molecule has 0 aliphatic rings. The molecular formula is C31H34N6O4. The number of aliphatic hydroxyl groups excluding tert-OH is 1. The molecule has 0 saturated heterocycles. The van der Waals surface area contributed by atoms with Gasteiger partial charge in [-0.25, -0.2) is 9.50 Å². The summed E-state index contributed by atoms with van der Waals surface area (Å²) in [5.74, 6) is 2.15. The molecule has 0 fully saturated rings. The minimum atomic E-state index is -1.03. The number of hydrogen-bond donors (Lipinski definition) is 1. The van der Waals surface area contributed by atoms with Crippen molar-refractivity contribution in [3.63, 3.8) is 0 Å². The number of imidazole rings is 1. The third-order valence-corrected chi connectivity index (χ3v) is 6.69. The Balaban J connectivity index is 1.60. The highest BCUT2D eigenvalue weighted by Gasteiger charge is 2.24. The first-order valence-electron chi connectivity index (χ1n) is 13.6. The lowest BCUT2D eigenvalue weighted by Crippen LogP contribution is -2.25. The summed E-state index contributed by atoms with van der Waals surface area (Å²) in [7, 11) is 3.30. The van der Waals surface area contributed by atoms with Crippen molar-refractivity contribution >= 4 is 11.5 Å². The van der Waals surface area contributed by atoms with Crippen LogP contribution in [0.3, 0.4) is 0 Å². The zero-order valence-electron chi connectivity index (χ0n) is 23.5. The monoisotopic (exact) mass is 554 g/mol. The van der Waals surface area contributed by atoms with Gasteiger partial charge in [0, 0.05) is 19.3 Å². The Morgan fingerprint density at radius 3 is 2.10 bits per heavy atom. The van der Waals surface area contributed by atoms with Crippen molar-refractivity contribution in [1.29, 1.82) is 0 Å². The summed E-state index contributed by atoms with van der Waals surface area (Å²) < 4.78 is 18.3. The lowest BCUT2D eigenvalue weighted by Gasteiger charge is -2.25. The number of aliphatic hydroxyl groups is 1. The topological polar surface area (TPSA) is 107 Å². The second-order valence-corrected chi connectivity index (χ2v) is 9.55. The van der Waals surface area contributed by atoms with E-state index in [9.17, 15) is 5.11 Å². The fourth-order valence-electron chi connectivity index (χ4n) is 4.43. The van der Waals surface area contributed by atoms with Crippen LogP contribution < -0.4 is 19.1 Å². The number of ether oxygens (including phenoxy) is 3. The molecule has 41 heavy (non-hydrogen) atoms. The highest BCUT2D eigenvalue weighted by atomic mass is 16.5. The number of methoxy groups -OCH3 is 2. The van der Waals surface area contributed by atoms with E-state index in [1.54, 1.807) is 43.3 Å². The minimum absolute atomic E-state index is 0.211. The second-order valence-electron chi connectivity index (χ2n) is 9.55. The molecule has 1 atom stereocenters. The molecule has 0 spiro atoms. The molecular weight excluding hydrogens is 520 g/mol. The molecule has 3 aromatic heterocycles. The van der Waals surface area contributed by atoms with Crippen LogP contribution in [0.5, 0.6) is 17.5 Å². The van der Waals surface area contributed by atoms with E-state index in [0.717, 1.165) is 35.5 Å². The maximum atomic E-state index is 11.2. The van der Waals surface area contributed by atoms with Crippen LogP contribution in [-0.2, 0) is 13.1 Å². The van der Waals surface area contributed by atoms with Crippen molar-refractivity contribution in [1.82, 2.24) is 24.6 Å². The molecule has 0 aliphatic heterocycles. The van der Waals surface area contributed by atoms with E-state index in [-0.39, 0.29) is 6.01 Å². The second kappa shape index (κ2) is 13.1. The fraction of sp³-hybridized carbons (Fsp3) is 0.290. The quantitative estimate of drug-likeness (QED) is 0.201. The number of benzene rings is 2. The molecule has 0 saturated carbocycles. The molecule has 5 aromatic rings. The van der Waals surface area contributed by atoms with Crippen molar-refractivity contribution in [3.05, 3.63) is 102 Å². The van der Waals surface area contributed by atoms with Gasteiger partial charge in [-0.1, -0.05) is 43.7 Å². The van der Waals surface area contributed by atoms with Crippen molar-refractivity contribution < 1.29 is 19.3 Å². The number of hydrogen-bond acceptors (Lipinski definition) is 9. The molecule has 0 radical (unpaired) electrons. The number of unbranched alkanes of at least 4 members (excludes halogenated alkanes) is 1. The number of anilines is 1. The van der Waals surface area contributed by atoms with Crippen LogP contribution in [0.4, 0.5) is 5.82 Å². The van der Waals surface area contributed by atoms with E-state index in [0.29, 0.717) is 42.5 Å². The average Bonchev–Trinajstić information content (AvgIpc) is 3.45. The average molecular weight is 555 g/mol. The van der Waals surface area contributed by atoms with Gasteiger partial charge < -0.3 is 24.2 Å². The Morgan fingerprint density at radius 1 is 0.878 bits per heavy atom. The van der Waals surface area contributed by atoms with Gasteiger partial charge in [0.1, 0.15) is 17.6 Å². The number of pyridine rings is 1. The summed E-state index contributed by atoms with van der Waals surface area (Å²) in [4.78, 5) is 16.0. The fourth-order valence-corrected chi connectivity index (χ4v) is 4.43. The van der Waals surface area contributed by atoms with E-state index in [1.807, 2.05) is 54.6 Å². The first-order chi connectivity index (χ1) is 20.1. The van der Waals surface area contributed by atoms with Gasteiger partial charge in [0.15, 0.2) is 11.5 Å². The van der Waals surface area contributed by atoms with Gasteiger partial charge in [-0.15, -0.1) is 5.10 Å². The third-order valence-electron chi connectivity index (χ3n) is 6.69. The highest BCUT2D eigenvalue weighted by Crippen LogP contribution is 2.29. The number of nitrogens with zero attached hydrogens (tertiary/aromatic N) is 6. The predicted molar refractivity (Wildman–Crippen MR) is 155 cm³/mol. The summed E-state index contributed by atoms with van der Waals surface area (Å²) in [6, 6.07) is 21.5. The summed E-state index contributed by atoms with van der Waals surface area (Å²) in [5, 5.41) is 15.8. The van der Waals surface area contributed by atoms with Crippen molar-refractivity contribution in [2.24, 2.45) is 0 Å². The van der Waals surface area contributed by atoms with Gasteiger partial charge in [0.2, 0.25) is 0 Å². The van der Waals surface area contributed by atoms with Crippen LogP contribution in [0.2, 0.25) is 0 Å². The smallest absolute Gasteiger partial charge is 0.336 e. The van der Waals surface area contributed by atoms with Crippen LogP contribution in [-0.4, -0.2) is 50.5 Å². The molecule has 212 valence electrons. The maximum Gasteiger partial charge on any atom is 0.336 e. The van der Waals surface area contributed by atoms with Crippen LogP contribution in [0.25, 0.3) is 5.65 Å². The highest BCUT2D eigenvalue weighted by molar-refractivity contribution is 5.65. The van der Waals surface area contributed by atoms with Crippen molar-refractivity contribution in [3.8, 4) is 17.5 Å². The third kappa shape index (κ3) is 6.55. The van der Waals surface area contributed by atoms with Gasteiger partial charge in [-0.3, -0.25) is 4.98 Å². The van der Waals surface area contributed by atoms with Gasteiger partial charge >= 0.3 is 6.01 Å². The first-order valence-corrected chi connectivity index (χ1v) is 13.6. The first kappa shape index (κ1) is 27.9. The number of rotatable bonds is 13. The summed E-state index contributed by atoms with van der Waals surface area (Å²) in [6.45, 7) is 3.64. The van der Waals surface area contributed by atoms with Gasteiger partial charge in [0.05, 0.1) is 38.4 Å². The molecule has 3 heterocycles. The normalized spacial score (nSPS) is 11.8. The van der Waals surface area contributed by atoms with Crippen LogP contribution in [0.15, 0.2) is 79.1 Å².